The van der Waals surface area contributed by atoms with Crippen molar-refractivity contribution in [1.82, 2.24) is 25.2 Å². The Morgan fingerprint density at radius 3 is 2.75 bits per heavy atom. The van der Waals surface area contributed by atoms with Crippen molar-refractivity contribution in [3.8, 4) is 0 Å². The van der Waals surface area contributed by atoms with Crippen LogP contribution in [0.1, 0.15) is 18.5 Å². The third-order valence-electron chi connectivity index (χ3n) is 6.01. The number of halogens is 2. The lowest BCUT2D eigenvalue weighted by Gasteiger charge is -2.21. The van der Waals surface area contributed by atoms with Crippen molar-refractivity contribution in [2.45, 2.75) is 12.8 Å². The number of amides is 1. The topological polar surface area (TPSA) is 86.4 Å². The molecule has 0 aliphatic carbocycles. The largest absolute Gasteiger partial charge is 0.491 e. The van der Waals surface area contributed by atoms with Gasteiger partial charge in [-0.25, -0.2) is 9.97 Å². The number of fused-ring (bicyclic) bond motifs is 1. The fourth-order valence-electron chi connectivity index (χ4n) is 4.16. The SMILES string of the molecule is CO/C(=C\C=C\c1cc2cc(Cl)c(Cl)cc2[nH]1)C(=O)NCCCN1CCCN(c2ncccn2)CC1. The minimum Gasteiger partial charge on any atom is -0.491 e. The molecule has 3 aromatic rings. The molecule has 1 saturated heterocycles. The van der Waals surface area contributed by atoms with Crippen molar-refractivity contribution >= 4 is 52.0 Å². The van der Waals surface area contributed by atoms with Gasteiger partial charge in [0.2, 0.25) is 5.95 Å². The quantitative estimate of drug-likeness (QED) is 0.183. The zero-order valence-electron chi connectivity index (χ0n) is 20.2. The second-order valence-corrected chi connectivity index (χ2v) is 9.33. The third kappa shape index (κ3) is 7.00. The van der Waals surface area contributed by atoms with Crippen molar-refractivity contribution in [3.63, 3.8) is 0 Å². The van der Waals surface area contributed by atoms with Crippen molar-refractivity contribution in [2.24, 2.45) is 0 Å². The number of aromatic nitrogens is 3. The van der Waals surface area contributed by atoms with Crippen LogP contribution in [0.25, 0.3) is 17.0 Å². The van der Waals surface area contributed by atoms with Gasteiger partial charge >= 0.3 is 0 Å². The second-order valence-electron chi connectivity index (χ2n) is 8.51. The first-order valence-electron chi connectivity index (χ1n) is 12.0. The van der Waals surface area contributed by atoms with Gasteiger partial charge in [-0.3, -0.25) is 4.79 Å². The van der Waals surface area contributed by atoms with E-state index in [1.165, 1.54) is 7.11 Å². The van der Waals surface area contributed by atoms with Crippen molar-refractivity contribution in [2.75, 3.05) is 51.3 Å². The number of hydrogen-bond donors (Lipinski definition) is 2. The van der Waals surface area contributed by atoms with Gasteiger partial charge in [0, 0.05) is 55.2 Å². The number of hydrogen-bond acceptors (Lipinski definition) is 6. The Labute approximate surface area is 220 Å². The van der Waals surface area contributed by atoms with Gasteiger partial charge in [0.15, 0.2) is 5.76 Å². The molecular weight excluding hydrogens is 499 g/mol. The molecule has 0 unspecified atom stereocenters. The van der Waals surface area contributed by atoms with Crippen LogP contribution in [0.2, 0.25) is 10.0 Å². The van der Waals surface area contributed by atoms with E-state index in [9.17, 15) is 4.79 Å². The molecule has 3 heterocycles. The number of allylic oxidation sites excluding steroid dienone is 2. The number of carbonyl (C=O) groups excluding carboxylic acids is 1. The molecule has 1 amide bonds. The predicted octanol–water partition coefficient (Wildman–Crippen LogP) is 4.53. The molecule has 8 nitrogen and oxygen atoms in total. The Kier molecular flexibility index (Phi) is 9.22. The molecule has 1 aliphatic heterocycles. The Balaban J connectivity index is 1.21. The summed E-state index contributed by atoms with van der Waals surface area (Å²) in [5.74, 6) is 0.806. The number of nitrogens with zero attached hydrogens (tertiary/aromatic N) is 4. The molecule has 190 valence electrons. The van der Waals surface area contributed by atoms with Gasteiger partial charge in [-0.05, 0) is 62.3 Å². The number of rotatable bonds is 9. The van der Waals surface area contributed by atoms with E-state index in [1.54, 1.807) is 30.6 Å². The molecule has 0 saturated carbocycles. The maximum atomic E-state index is 12.5. The predicted molar refractivity (Wildman–Crippen MR) is 145 cm³/mol. The number of methoxy groups -OCH3 is 1. The molecule has 1 fully saturated rings. The second kappa shape index (κ2) is 12.8. The standard InChI is InChI=1S/C26H30Cl2N6O2/c1-36-24(7-2-6-20-16-19-17-21(27)22(28)18-23(19)32-20)25(35)29-10-4-11-33-12-5-13-34(15-14-33)26-30-8-3-9-31-26/h2-3,6-9,16-18,32H,4-5,10-15H2,1H3,(H,29,35)/b6-2+,24-7-. The van der Waals surface area contributed by atoms with Gasteiger partial charge in [-0.2, -0.15) is 0 Å². The van der Waals surface area contributed by atoms with Gasteiger partial charge in [0.1, 0.15) is 0 Å². The van der Waals surface area contributed by atoms with Gasteiger partial charge < -0.3 is 24.8 Å². The first kappa shape index (κ1) is 26.0. The lowest BCUT2D eigenvalue weighted by atomic mass is 10.2. The van der Waals surface area contributed by atoms with Crippen LogP contribution in [0.4, 0.5) is 5.95 Å². The molecule has 4 rings (SSSR count). The van der Waals surface area contributed by atoms with Crippen molar-refractivity contribution in [3.05, 3.63) is 70.3 Å². The average Bonchev–Trinajstić information content (AvgIpc) is 3.11. The fourth-order valence-corrected chi connectivity index (χ4v) is 4.49. The van der Waals surface area contributed by atoms with E-state index in [0.29, 0.717) is 16.6 Å². The highest BCUT2D eigenvalue weighted by Crippen LogP contribution is 2.28. The van der Waals surface area contributed by atoms with Crippen LogP contribution in [-0.2, 0) is 9.53 Å². The Hall–Kier alpha value is -3.07. The molecule has 10 heteroatoms. The van der Waals surface area contributed by atoms with E-state index in [0.717, 1.165) is 68.1 Å². The van der Waals surface area contributed by atoms with Crippen LogP contribution >= 0.6 is 23.2 Å². The number of carbonyl (C=O) groups is 1. The Morgan fingerprint density at radius 1 is 1.14 bits per heavy atom. The van der Waals surface area contributed by atoms with Crippen LogP contribution in [0, 0.1) is 0 Å². The Bertz CT molecular complexity index is 1190. The first-order valence-corrected chi connectivity index (χ1v) is 12.7. The lowest BCUT2D eigenvalue weighted by Crippen LogP contribution is -2.34. The number of ether oxygens (including phenoxy) is 1. The molecule has 0 bridgehead atoms. The summed E-state index contributed by atoms with van der Waals surface area (Å²) in [6.45, 7) is 5.32. The van der Waals surface area contributed by atoms with E-state index >= 15 is 0 Å². The molecule has 36 heavy (non-hydrogen) atoms. The van der Waals surface area contributed by atoms with Crippen LogP contribution in [-0.4, -0.2) is 72.1 Å². The third-order valence-corrected chi connectivity index (χ3v) is 6.73. The summed E-state index contributed by atoms with van der Waals surface area (Å²) in [6.07, 6.45) is 10.8. The highest BCUT2D eigenvalue weighted by molar-refractivity contribution is 6.42. The maximum Gasteiger partial charge on any atom is 0.286 e. The smallest absolute Gasteiger partial charge is 0.286 e. The first-order chi connectivity index (χ1) is 17.5. The normalized spacial score (nSPS) is 15.4. The van der Waals surface area contributed by atoms with Gasteiger partial charge in [0.05, 0.1) is 17.2 Å². The fraction of sp³-hybridized carbons (Fsp3) is 0.346. The average molecular weight is 529 g/mol. The van der Waals surface area contributed by atoms with E-state index < -0.39 is 0 Å². The van der Waals surface area contributed by atoms with Crippen LogP contribution in [0.15, 0.2) is 54.6 Å². The van der Waals surface area contributed by atoms with Gasteiger partial charge in [-0.15, -0.1) is 0 Å². The lowest BCUT2D eigenvalue weighted by molar-refractivity contribution is -0.120. The highest BCUT2D eigenvalue weighted by atomic mass is 35.5. The molecule has 0 radical (unpaired) electrons. The Morgan fingerprint density at radius 2 is 1.94 bits per heavy atom. The number of H-pyrrole nitrogens is 1. The summed E-state index contributed by atoms with van der Waals surface area (Å²) in [5, 5.41) is 4.92. The van der Waals surface area contributed by atoms with Crippen LogP contribution in [0.5, 0.6) is 0 Å². The molecule has 2 N–H and O–H groups in total. The van der Waals surface area contributed by atoms with Crippen LogP contribution < -0.4 is 10.2 Å². The molecule has 0 atom stereocenters. The zero-order valence-corrected chi connectivity index (χ0v) is 21.7. The van der Waals surface area contributed by atoms with E-state index in [-0.39, 0.29) is 11.7 Å². The minimum atomic E-state index is -0.236. The summed E-state index contributed by atoms with van der Waals surface area (Å²) in [6, 6.07) is 7.40. The summed E-state index contributed by atoms with van der Waals surface area (Å²) in [4.78, 5) is 29.2. The molecule has 0 spiro atoms. The van der Waals surface area contributed by atoms with E-state index in [1.807, 2.05) is 24.3 Å². The summed E-state index contributed by atoms with van der Waals surface area (Å²) in [5.41, 5.74) is 1.76. The van der Waals surface area contributed by atoms with Crippen molar-refractivity contribution < 1.29 is 9.53 Å². The number of benzene rings is 1. The van der Waals surface area contributed by atoms with Crippen molar-refractivity contribution in [1.29, 1.82) is 0 Å². The number of anilines is 1. The highest BCUT2D eigenvalue weighted by Gasteiger charge is 2.16. The monoisotopic (exact) mass is 528 g/mol. The number of aromatic amines is 1. The molecule has 1 aromatic carbocycles. The molecule has 2 aromatic heterocycles. The van der Waals surface area contributed by atoms with Gasteiger partial charge in [-0.1, -0.05) is 29.3 Å². The maximum absolute atomic E-state index is 12.5. The zero-order chi connectivity index (χ0) is 25.3. The van der Waals surface area contributed by atoms with E-state index in [4.69, 9.17) is 27.9 Å². The molecular formula is C26H30Cl2N6O2. The van der Waals surface area contributed by atoms with E-state index in [2.05, 4.69) is 30.1 Å². The van der Waals surface area contributed by atoms with Gasteiger partial charge in [0.25, 0.3) is 5.91 Å². The summed E-state index contributed by atoms with van der Waals surface area (Å²) >= 11 is 12.2. The number of nitrogens with one attached hydrogen (secondary N) is 2. The molecule has 1 aliphatic rings. The summed E-state index contributed by atoms with van der Waals surface area (Å²) < 4.78 is 5.28. The summed E-state index contributed by atoms with van der Waals surface area (Å²) in [7, 11) is 1.49. The minimum absolute atomic E-state index is 0.236. The van der Waals surface area contributed by atoms with Crippen LogP contribution in [0.3, 0.4) is 0 Å².